The maximum atomic E-state index is 13.2. The normalized spacial score (nSPS) is 17.2. The molecule has 4 rings (SSSR count). The van der Waals surface area contributed by atoms with Gasteiger partial charge in [0, 0.05) is 34.6 Å². The summed E-state index contributed by atoms with van der Waals surface area (Å²) in [4.78, 5) is 14.3. The van der Waals surface area contributed by atoms with E-state index in [1.807, 2.05) is 12.1 Å². The third kappa shape index (κ3) is 3.95. The van der Waals surface area contributed by atoms with Crippen molar-refractivity contribution >= 4 is 28.7 Å². The SMILES string of the molecule is CC1(N)CCN(c2nc3ccc(Sc4cccnc4C(F)(F)F)cc3[nH]2)CC1. The van der Waals surface area contributed by atoms with Gasteiger partial charge in [-0.15, -0.1) is 0 Å². The quantitative estimate of drug-likeness (QED) is 0.671. The van der Waals surface area contributed by atoms with E-state index in [0.29, 0.717) is 4.90 Å². The maximum Gasteiger partial charge on any atom is 0.434 e. The molecule has 3 heterocycles. The molecule has 3 N–H and O–H groups in total. The lowest BCUT2D eigenvalue weighted by Gasteiger charge is -2.36. The first-order valence-corrected chi connectivity index (χ1v) is 9.77. The molecule has 0 amide bonds. The number of nitrogens with one attached hydrogen (secondary N) is 1. The van der Waals surface area contributed by atoms with Gasteiger partial charge < -0.3 is 15.6 Å². The Labute approximate surface area is 164 Å². The number of hydrogen-bond donors (Lipinski definition) is 2. The van der Waals surface area contributed by atoms with Crippen molar-refractivity contribution in [3.8, 4) is 0 Å². The fourth-order valence-corrected chi connectivity index (χ4v) is 4.21. The molecule has 0 spiro atoms. The molecule has 2 aromatic heterocycles. The summed E-state index contributed by atoms with van der Waals surface area (Å²) >= 11 is 1.04. The van der Waals surface area contributed by atoms with Crippen LogP contribution in [0, 0.1) is 0 Å². The minimum absolute atomic E-state index is 0.0763. The number of alkyl halides is 3. The molecule has 0 radical (unpaired) electrons. The summed E-state index contributed by atoms with van der Waals surface area (Å²) in [5.74, 6) is 0.769. The Bertz CT molecular complexity index is 989. The van der Waals surface area contributed by atoms with Gasteiger partial charge in [0.2, 0.25) is 5.95 Å². The average Bonchev–Trinajstić information content (AvgIpc) is 3.04. The molecule has 9 heteroatoms. The van der Waals surface area contributed by atoms with Crippen molar-refractivity contribution in [3.63, 3.8) is 0 Å². The molecule has 5 nitrogen and oxygen atoms in total. The van der Waals surface area contributed by atoms with Crippen molar-refractivity contribution in [3.05, 3.63) is 42.2 Å². The molecule has 1 saturated heterocycles. The topological polar surface area (TPSA) is 70.8 Å². The highest BCUT2D eigenvalue weighted by molar-refractivity contribution is 7.99. The van der Waals surface area contributed by atoms with Crippen LogP contribution in [0.2, 0.25) is 0 Å². The number of aromatic amines is 1. The largest absolute Gasteiger partial charge is 0.434 e. The van der Waals surface area contributed by atoms with Crippen molar-refractivity contribution in [2.24, 2.45) is 5.73 Å². The van der Waals surface area contributed by atoms with Crippen LogP contribution in [-0.2, 0) is 6.18 Å². The number of rotatable bonds is 3. The number of imidazole rings is 1. The van der Waals surface area contributed by atoms with Crippen molar-refractivity contribution in [1.29, 1.82) is 0 Å². The van der Waals surface area contributed by atoms with E-state index >= 15 is 0 Å². The number of H-pyrrole nitrogens is 1. The molecule has 28 heavy (non-hydrogen) atoms. The molecular weight excluding hydrogens is 387 g/mol. The highest BCUT2D eigenvalue weighted by Crippen LogP contribution is 2.38. The molecule has 0 aliphatic carbocycles. The number of nitrogens with two attached hydrogens (primary N) is 1. The van der Waals surface area contributed by atoms with Crippen molar-refractivity contribution in [2.75, 3.05) is 18.0 Å². The van der Waals surface area contributed by atoms with Gasteiger partial charge in [0.15, 0.2) is 5.69 Å². The number of piperidine rings is 1. The zero-order valence-electron chi connectivity index (χ0n) is 15.3. The van der Waals surface area contributed by atoms with E-state index in [2.05, 4.69) is 26.8 Å². The average molecular weight is 407 g/mol. The van der Waals surface area contributed by atoms with E-state index < -0.39 is 11.9 Å². The maximum absolute atomic E-state index is 13.2. The van der Waals surface area contributed by atoms with Gasteiger partial charge in [-0.25, -0.2) is 4.98 Å². The van der Waals surface area contributed by atoms with Crippen LogP contribution in [0.4, 0.5) is 19.1 Å². The summed E-state index contributed by atoms with van der Waals surface area (Å²) in [5, 5.41) is 0. The first-order chi connectivity index (χ1) is 13.2. The van der Waals surface area contributed by atoms with Crippen molar-refractivity contribution in [1.82, 2.24) is 15.0 Å². The standard InChI is InChI=1S/C19H20F3N5S/c1-18(23)6-9-27(10-7-18)17-25-13-5-4-12(11-14(13)26-17)28-15-3-2-8-24-16(15)19(20,21)22/h2-5,8,11H,6-7,9-10,23H2,1H3,(H,25,26). The van der Waals surface area contributed by atoms with Crippen LogP contribution in [0.25, 0.3) is 11.0 Å². The zero-order chi connectivity index (χ0) is 19.9. The summed E-state index contributed by atoms with van der Waals surface area (Å²) in [6.07, 6.45) is -1.57. The predicted molar refractivity (Wildman–Crippen MR) is 103 cm³/mol. The van der Waals surface area contributed by atoms with E-state index in [0.717, 1.165) is 60.9 Å². The van der Waals surface area contributed by atoms with E-state index in [1.54, 1.807) is 6.07 Å². The van der Waals surface area contributed by atoms with Crippen LogP contribution >= 0.6 is 11.8 Å². The molecule has 0 unspecified atom stereocenters. The molecule has 1 aromatic carbocycles. The smallest absolute Gasteiger partial charge is 0.342 e. The molecular formula is C19H20F3N5S. The molecule has 1 aliphatic rings. The first-order valence-electron chi connectivity index (χ1n) is 8.95. The van der Waals surface area contributed by atoms with Gasteiger partial charge in [0.05, 0.1) is 11.0 Å². The lowest BCUT2D eigenvalue weighted by molar-refractivity contribution is -0.143. The molecule has 0 saturated carbocycles. The van der Waals surface area contributed by atoms with Gasteiger partial charge in [0.25, 0.3) is 0 Å². The lowest BCUT2D eigenvalue weighted by Crippen LogP contribution is -2.48. The van der Waals surface area contributed by atoms with Crippen LogP contribution in [-0.4, -0.2) is 33.6 Å². The number of benzene rings is 1. The van der Waals surface area contributed by atoms with E-state index in [1.165, 1.54) is 12.1 Å². The molecule has 1 fully saturated rings. The predicted octanol–water partition coefficient (Wildman–Crippen LogP) is 4.45. The first kappa shape index (κ1) is 19.1. The van der Waals surface area contributed by atoms with Crippen LogP contribution < -0.4 is 10.6 Å². The van der Waals surface area contributed by atoms with Gasteiger partial charge >= 0.3 is 6.18 Å². The number of pyridine rings is 1. The summed E-state index contributed by atoms with van der Waals surface area (Å²) in [6, 6.07) is 8.35. The lowest BCUT2D eigenvalue weighted by atomic mass is 9.91. The number of aromatic nitrogens is 3. The Balaban J connectivity index is 1.58. The van der Waals surface area contributed by atoms with Crippen molar-refractivity contribution in [2.45, 2.75) is 41.3 Å². The number of nitrogens with zero attached hydrogens (tertiary/aromatic N) is 3. The second-order valence-corrected chi connectivity index (χ2v) is 8.45. The monoisotopic (exact) mass is 407 g/mol. The number of hydrogen-bond acceptors (Lipinski definition) is 5. The second-order valence-electron chi connectivity index (χ2n) is 7.33. The third-order valence-corrected chi connectivity index (χ3v) is 5.95. The van der Waals surface area contributed by atoms with E-state index in [9.17, 15) is 13.2 Å². The molecule has 3 aromatic rings. The Kier molecular flexibility index (Phi) is 4.75. The summed E-state index contributed by atoms with van der Waals surface area (Å²) in [5.41, 5.74) is 6.74. The van der Waals surface area contributed by atoms with Gasteiger partial charge in [-0.1, -0.05) is 11.8 Å². The van der Waals surface area contributed by atoms with Crippen LogP contribution in [0.15, 0.2) is 46.3 Å². The van der Waals surface area contributed by atoms with Crippen molar-refractivity contribution < 1.29 is 13.2 Å². The minimum Gasteiger partial charge on any atom is -0.342 e. The highest BCUT2D eigenvalue weighted by Gasteiger charge is 2.35. The van der Waals surface area contributed by atoms with Crippen LogP contribution in [0.1, 0.15) is 25.5 Å². The fraction of sp³-hybridized carbons (Fsp3) is 0.368. The summed E-state index contributed by atoms with van der Waals surface area (Å²) in [7, 11) is 0. The fourth-order valence-electron chi connectivity index (χ4n) is 3.23. The van der Waals surface area contributed by atoms with Crippen LogP contribution in [0.5, 0.6) is 0 Å². The van der Waals surface area contributed by atoms with Crippen LogP contribution in [0.3, 0.4) is 0 Å². The number of halogens is 3. The second kappa shape index (κ2) is 6.97. The Morgan fingerprint density at radius 1 is 1.21 bits per heavy atom. The summed E-state index contributed by atoms with van der Waals surface area (Å²) < 4.78 is 39.5. The van der Waals surface area contributed by atoms with Gasteiger partial charge in [-0.05, 0) is 50.1 Å². The van der Waals surface area contributed by atoms with Gasteiger partial charge in [-0.2, -0.15) is 13.2 Å². The van der Waals surface area contributed by atoms with E-state index in [-0.39, 0.29) is 10.4 Å². The molecule has 0 atom stereocenters. The Morgan fingerprint density at radius 2 is 1.96 bits per heavy atom. The summed E-state index contributed by atoms with van der Waals surface area (Å²) in [6.45, 7) is 3.69. The number of fused-ring (bicyclic) bond motifs is 1. The van der Waals surface area contributed by atoms with Gasteiger partial charge in [-0.3, -0.25) is 4.98 Å². The highest BCUT2D eigenvalue weighted by atomic mass is 32.2. The zero-order valence-corrected chi connectivity index (χ0v) is 16.1. The van der Waals surface area contributed by atoms with Gasteiger partial charge in [0.1, 0.15) is 0 Å². The molecule has 1 aliphatic heterocycles. The Hall–Kier alpha value is -2.26. The van der Waals surface area contributed by atoms with E-state index in [4.69, 9.17) is 5.73 Å². The number of anilines is 1. The third-order valence-electron chi connectivity index (χ3n) is 4.91. The Morgan fingerprint density at radius 3 is 2.68 bits per heavy atom. The molecule has 148 valence electrons. The molecule has 0 bridgehead atoms. The minimum atomic E-state index is -4.49.